The van der Waals surface area contributed by atoms with E-state index in [9.17, 15) is 9.59 Å². The molecule has 7 heteroatoms. The van der Waals surface area contributed by atoms with Crippen LogP contribution >= 0.6 is 0 Å². The number of benzene rings is 1. The van der Waals surface area contributed by atoms with E-state index in [0.29, 0.717) is 32.5 Å². The Morgan fingerprint density at radius 2 is 2.07 bits per heavy atom. The number of likely N-dealkylation sites (N-methyl/N-ethyl adjacent to an activating group) is 1. The van der Waals surface area contributed by atoms with Gasteiger partial charge in [-0.2, -0.15) is 0 Å². The van der Waals surface area contributed by atoms with Gasteiger partial charge in [-0.1, -0.05) is 35.0 Å². The number of piperazine rings is 1. The Hall–Kier alpha value is -2.67. The molecule has 7 nitrogen and oxygen atoms in total. The maximum Gasteiger partial charge on any atom is 0.239 e. The van der Waals surface area contributed by atoms with Crippen LogP contribution < -0.4 is 5.32 Å². The molecular weight excluding hydrogens is 380 g/mol. The monoisotopic (exact) mass is 412 g/mol. The molecule has 1 N–H and O–H groups in total. The van der Waals surface area contributed by atoms with E-state index >= 15 is 0 Å². The molecule has 1 fully saturated rings. The number of amides is 2. The number of carbonyl (C=O) groups is 2. The third-order valence-corrected chi connectivity index (χ3v) is 5.95. The molecule has 1 aliphatic heterocycles. The molecule has 1 aliphatic rings. The summed E-state index contributed by atoms with van der Waals surface area (Å²) in [5, 5.41) is 7.01. The molecule has 2 atom stereocenters. The lowest BCUT2D eigenvalue weighted by Crippen LogP contribution is -2.62. The van der Waals surface area contributed by atoms with Crippen molar-refractivity contribution in [2.45, 2.75) is 59.2 Å². The fourth-order valence-corrected chi connectivity index (χ4v) is 4.17. The lowest BCUT2D eigenvalue weighted by atomic mass is 10.0. The van der Waals surface area contributed by atoms with Crippen molar-refractivity contribution < 1.29 is 14.1 Å². The van der Waals surface area contributed by atoms with Crippen LogP contribution in [-0.4, -0.2) is 59.0 Å². The van der Waals surface area contributed by atoms with Crippen LogP contribution in [0, 0.1) is 20.8 Å². The summed E-state index contributed by atoms with van der Waals surface area (Å²) in [6.07, 6.45) is 0.997. The van der Waals surface area contributed by atoms with Gasteiger partial charge in [-0.3, -0.25) is 14.5 Å². The van der Waals surface area contributed by atoms with Crippen LogP contribution in [0.25, 0.3) is 0 Å². The van der Waals surface area contributed by atoms with E-state index in [4.69, 9.17) is 4.52 Å². The van der Waals surface area contributed by atoms with Gasteiger partial charge in [-0.25, -0.2) is 0 Å². The Morgan fingerprint density at radius 3 is 2.73 bits per heavy atom. The van der Waals surface area contributed by atoms with E-state index in [0.717, 1.165) is 17.0 Å². The Morgan fingerprint density at radius 1 is 1.30 bits per heavy atom. The lowest BCUT2D eigenvalue weighted by molar-refractivity contribution is -0.143. The largest absolute Gasteiger partial charge is 0.361 e. The summed E-state index contributed by atoms with van der Waals surface area (Å²) in [5.41, 5.74) is 4.22. The maximum atomic E-state index is 12.6. The molecule has 0 radical (unpaired) electrons. The highest BCUT2D eigenvalue weighted by molar-refractivity contribution is 5.82. The van der Waals surface area contributed by atoms with Gasteiger partial charge >= 0.3 is 0 Å². The number of carbonyl (C=O) groups excluding carboxylic acids is 2. The molecule has 0 spiro atoms. The second-order valence-electron chi connectivity index (χ2n) is 8.32. The number of rotatable bonds is 7. The van der Waals surface area contributed by atoms with Gasteiger partial charge in [0.15, 0.2) is 0 Å². The third-order valence-electron chi connectivity index (χ3n) is 5.95. The summed E-state index contributed by atoms with van der Waals surface area (Å²) in [6, 6.07) is 8.17. The van der Waals surface area contributed by atoms with Crippen LogP contribution in [0.1, 0.15) is 41.5 Å². The standard InChI is InChI=1S/C23H32N4O3/c1-15-7-6-8-19(11-15)13-27-17(3)23(29)26(5)14-20(27)12-24-22(28)10-9-21-16(2)25-30-18(21)4/h6-8,11,17,20H,9-10,12-14H2,1-5H3,(H,24,28). The van der Waals surface area contributed by atoms with Crippen molar-refractivity contribution in [1.82, 2.24) is 20.3 Å². The van der Waals surface area contributed by atoms with Crippen molar-refractivity contribution in [3.8, 4) is 0 Å². The van der Waals surface area contributed by atoms with Crippen LogP contribution in [0.4, 0.5) is 0 Å². The molecule has 2 amide bonds. The minimum atomic E-state index is -0.228. The number of aromatic nitrogens is 1. The van der Waals surface area contributed by atoms with Gasteiger partial charge in [-0.05, 0) is 39.7 Å². The molecule has 1 aromatic carbocycles. The Bertz CT molecular complexity index is 888. The van der Waals surface area contributed by atoms with Crippen LogP contribution in [0.5, 0.6) is 0 Å². The molecule has 3 rings (SSSR count). The van der Waals surface area contributed by atoms with E-state index in [2.05, 4.69) is 40.5 Å². The molecule has 0 aliphatic carbocycles. The first-order valence-corrected chi connectivity index (χ1v) is 10.5. The zero-order valence-electron chi connectivity index (χ0n) is 18.6. The molecule has 30 heavy (non-hydrogen) atoms. The summed E-state index contributed by atoms with van der Waals surface area (Å²) in [6.45, 7) is 9.56. The van der Waals surface area contributed by atoms with Crippen LogP contribution in [-0.2, 0) is 22.6 Å². The quantitative estimate of drug-likeness (QED) is 0.755. The van der Waals surface area contributed by atoms with Crippen molar-refractivity contribution in [2.24, 2.45) is 0 Å². The van der Waals surface area contributed by atoms with Gasteiger partial charge in [0.2, 0.25) is 11.8 Å². The van der Waals surface area contributed by atoms with E-state index < -0.39 is 0 Å². The van der Waals surface area contributed by atoms with Gasteiger partial charge in [-0.15, -0.1) is 0 Å². The molecule has 1 saturated heterocycles. The summed E-state index contributed by atoms with van der Waals surface area (Å²) in [4.78, 5) is 29.0. The van der Waals surface area contributed by atoms with E-state index in [1.807, 2.05) is 33.9 Å². The van der Waals surface area contributed by atoms with Crippen molar-refractivity contribution in [3.63, 3.8) is 0 Å². The molecule has 1 aromatic heterocycles. The van der Waals surface area contributed by atoms with Gasteiger partial charge < -0.3 is 14.7 Å². The van der Waals surface area contributed by atoms with Crippen LogP contribution in [0.3, 0.4) is 0 Å². The Labute approximate surface area is 178 Å². The molecule has 2 heterocycles. The van der Waals surface area contributed by atoms with E-state index in [1.54, 1.807) is 4.90 Å². The average Bonchev–Trinajstić information content (AvgIpc) is 3.03. The predicted octanol–water partition coefficient (Wildman–Crippen LogP) is 2.38. The Kier molecular flexibility index (Phi) is 6.92. The zero-order valence-corrected chi connectivity index (χ0v) is 18.6. The number of aryl methyl sites for hydroxylation is 3. The highest BCUT2D eigenvalue weighted by atomic mass is 16.5. The van der Waals surface area contributed by atoms with Gasteiger partial charge in [0.1, 0.15) is 5.76 Å². The molecule has 0 bridgehead atoms. The number of nitrogens with one attached hydrogen (secondary N) is 1. The first-order valence-electron chi connectivity index (χ1n) is 10.5. The van der Waals surface area contributed by atoms with Crippen molar-refractivity contribution in [2.75, 3.05) is 20.1 Å². The fraction of sp³-hybridized carbons (Fsp3) is 0.522. The topological polar surface area (TPSA) is 78.7 Å². The van der Waals surface area contributed by atoms with Crippen LogP contribution in [0.15, 0.2) is 28.8 Å². The van der Waals surface area contributed by atoms with Crippen molar-refractivity contribution >= 4 is 11.8 Å². The van der Waals surface area contributed by atoms with Gasteiger partial charge in [0, 0.05) is 44.7 Å². The predicted molar refractivity (Wildman–Crippen MR) is 115 cm³/mol. The highest BCUT2D eigenvalue weighted by Gasteiger charge is 2.36. The molecule has 2 unspecified atom stereocenters. The number of nitrogens with zero attached hydrogens (tertiary/aromatic N) is 3. The average molecular weight is 413 g/mol. The van der Waals surface area contributed by atoms with Crippen molar-refractivity contribution in [1.29, 1.82) is 0 Å². The van der Waals surface area contributed by atoms with Gasteiger partial charge in [0.05, 0.1) is 11.7 Å². The lowest BCUT2D eigenvalue weighted by Gasteiger charge is -2.44. The molecule has 0 saturated carbocycles. The van der Waals surface area contributed by atoms with E-state index in [-0.39, 0.29) is 23.9 Å². The number of hydrogen-bond donors (Lipinski definition) is 1. The summed E-state index contributed by atoms with van der Waals surface area (Å²) >= 11 is 0. The molecular formula is C23H32N4O3. The van der Waals surface area contributed by atoms with Crippen LogP contribution in [0.2, 0.25) is 0 Å². The van der Waals surface area contributed by atoms with Gasteiger partial charge in [0.25, 0.3) is 0 Å². The highest BCUT2D eigenvalue weighted by Crippen LogP contribution is 2.20. The second kappa shape index (κ2) is 9.43. The Balaban J connectivity index is 1.62. The number of hydrogen-bond acceptors (Lipinski definition) is 5. The zero-order chi connectivity index (χ0) is 21.8. The normalized spacial score (nSPS) is 19.9. The summed E-state index contributed by atoms with van der Waals surface area (Å²) in [5.74, 6) is 0.882. The minimum absolute atomic E-state index is 0.00212. The van der Waals surface area contributed by atoms with E-state index in [1.165, 1.54) is 11.1 Å². The first-order chi connectivity index (χ1) is 14.3. The first kappa shape index (κ1) is 22.0. The maximum absolute atomic E-state index is 12.6. The molecule has 162 valence electrons. The third kappa shape index (κ3) is 5.08. The summed E-state index contributed by atoms with van der Waals surface area (Å²) < 4.78 is 5.17. The minimum Gasteiger partial charge on any atom is -0.361 e. The summed E-state index contributed by atoms with van der Waals surface area (Å²) in [7, 11) is 1.83. The second-order valence-corrected chi connectivity index (χ2v) is 8.32. The van der Waals surface area contributed by atoms with Crippen molar-refractivity contribution in [3.05, 3.63) is 52.4 Å². The molecule has 2 aromatic rings. The SMILES string of the molecule is Cc1cccc(CN2C(CNC(=O)CCc3c(C)noc3C)CN(C)C(=O)C2C)c1. The fourth-order valence-electron chi connectivity index (χ4n) is 4.17. The smallest absolute Gasteiger partial charge is 0.239 e.